The topological polar surface area (TPSA) is 60.9 Å². The molecule has 1 atom stereocenters. The van der Waals surface area contributed by atoms with E-state index in [9.17, 15) is 17.6 Å². The fourth-order valence-corrected chi connectivity index (χ4v) is 6.44. The van der Waals surface area contributed by atoms with Gasteiger partial charge in [0.2, 0.25) is 0 Å². The molecule has 1 aliphatic heterocycles. The first-order valence-corrected chi connectivity index (χ1v) is 14.3. The summed E-state index contributed by atoms with van der Waals surface area (Å²) >= 11 is 5.95. The van der Waals surface area contributed by atoms with Crippen molar-refractivity contribution < 1.29 is 22.0 Å². The molecule has 10 heteroatoms. The van der Waals surface area contributed by atoms with Gasteiger partial charge in [-0.05, 0) is 68.7 Å². The number of hydrogen-bond donors (Lipinski definition) is 0. The van der Waals surface area contributed by atoms with E-state index in [0.29, 0.717) is 37.5 Å². The van der Waals surface area contributed by atoms with Crippen LogP contribution in [0.3, 0.4) is 0 Å². The third-order valence-electron chi connectivity index (χ3n) is 6.66. The Morgan fingerprint density at radius 2 is 1.74 bits per heavy atom. The molecule has 1 fully saturated rings. The number of rotatable bonds is 7. The lowest BCUT2D eigenvalue weighted by Gasteiger charge is -2.41. The minimum Gasteiger partial charge on any atom is -0.323 e. The maximum absolute atomic E-state index is 15.0. The van der Waals surface area contributed by atoms with Crippen molar-refractivity contribution in [3.8, 4) is 0 Å². The number of halogens is 3. The molecular formula is C28H30ClF2N3O3S. The molecule has 1 saturated heterocycles. The molecule has 0 bridgehead atoms. The van der Waals surface area contributed by atoms with Crippen LogP contribution in [0.15, 0.2) is 71.6 Å². The molecule has 3 aromatic carbocycles. The zero-order valence-electron chi connectivity index (χ0n) is 21.3. The summed E-state index contributed by atoms with van der Waals surface area (Å²) in [4.78, 5) is 16.7. The zero-order chi connectivity index (χ0) is 27.4. The minimum atomic E-state index is -4.32. The molecule has 0 radical (unpaired) electrons. The van der Waals surface area contributed by atoms with E-state index in [1.165, 1.54) is 24.3 Å². The van der Waals surface area contributed by atoms with Crippen LogP contribution in [0.25, 0.3) is 0 Å². The van der Waals surface area contributed by atoms with E-state index in [-0.39, 0.29) is 17.5 Å². The number of aryl methyl sites for hydroxylation is 1. The van der Waals surface area contributed by atoms with Crippen molar-refractivity contribution >= 4 is 33.3 Å². The Morgan fingerprint density at radius 3 is 2.39 bits per heavy atom. The molecule has 0 saturated carbocycles. The van der Waals surface area contributed by atoms with Gasteiger partial charge in [-0.2, -0.15) is 0 Å². The molecule has 1 unspecified atom stereocenters. The normalized spacial score (nSPS) is 15.8. The summed E-state index contributed by atoms with van der Waals surface area (Å²) in [6, 6.07) is 15.1. The first-order chi connectivity index (χ1) is 18.1. The lowest BCUT2D eigenvalue weighted by molar-refractivity contribution is 0.139. The third-order valence-corrected chi connectivity index (χ3v) is 8.79. The molecule has 0 N–H and O–H groups in total. The average Bonchev–Trinajstić information content (AvgIpc) is 2.90. The molecule has 0 aromatic heterocycles. The number of sulfonamides is 1. The van der Waals surface area contributed by atoms with Crippen LogP contribution in [-0.2, 0) is 16.6 Å². The summed E-state index contributed by atoms with van der Waals surface area (Å²) in [6.45, 7) is 5.20. The number of nitrogens with zero attached hydrogens (tertiary/aromatic N) is 3. The molecule has 202 valence electrons. The van der Waals surface area contributed by atoms with E-state index in [1.54, 1.807) is 9.80 Å². The highest BCUT2D eigenvalue weighted by Gasteiger charge is 2.38. The predicted molar refractivity (Wildman–Crippen MR) is 145 cm³/mol. The standard InChI is InChI=1S/C28H30ClF2N3O3S/c1-3-32(18-21-8-6-20(2)7-9-21)28(35)33-16-4-5-24(19-33)34(27-17-23(30)12-15-26(27)31)38(36,37)25-13-10-22(29)11-14-25/h6-15,17,24H,3-5,16,18-19H2,1-2H3. The van der Waals surface area contributed by atoms with Gasteiger partial charge in [0.25, 0.3) is 10.0 Å². The van der Waals surface area contributed by atoms with E-state index < -0.39 is 33.4 Å². The Bertz CT molecular complexity index is 1390. The summed E-state index contributed by atoms with van der Waals surface area (Å²) < 4.78 is 57.8. The molecule has 3 aromatic rings. The van der Waals surface area contributed by atoms with Gasteiger partial charge in [0.15, 0.2) is 0 Å². The Morgan fingerprint density at radius 1 is 1.05 bits per heavy atom. The van der Waals surface area contributed by atoms with Crippen molar-refractivity contribution in [1.82, 2.24) is 9.80 Å². The summed E-state index contributed by atoms with van der Waals surface area (Å²) in [6.07, 6.45) is 0.874. The Hall–Kier alpha value is -3.17. The molecule has 1 aliphatic rings. The fourth-order valence-electron chi connectivity index (χ4n) is 4.65. The predicted octanol–water partition coefficient (Wildman–Crippen LogP) is 6.23. The van der Waals surface area contributed by atoms with Crippen molar-refractivity contribution in [3.05, 3.63) is 94.5 Å². The van der Waals surface area contributed by atoms with Crippen molar-refractivity contribution in [1.29, 1.82) is 0 Å². The van der Waals surface area contributed by atoms with Gasteiger partial charge < -0.3 is 9.80 Å². The number of amides is 2. The highest BCUT2D eigenvalue weighted by atomic mass is 35.5. The number of piperidine rings is 1. The summed E-state index contributed by atoms with van der Waals surface area (Å²) in [5.41, 5.74) is 1.70. The van der Waals surface area contributed by atoms with E-state index in [0.717, 1.165) is 33.6 Å². The van der Waals surface area contributed by atoms with Crippen LogP contribution in [0.4, 0.5) is 19.3 Å². The van der Waals surface area contributed by atoms with Gasteiger partial charge in [-0.1, -0.05) is 41.4 Å². The lowest BCUT2D eigenvalue weighted by atomic mass is 10.1. The second kappa shape index (κ2) is 11.7. The molecule has 1 heterocycles. The number of carbonyl (C=O) groups excluding carboxylic acids is 1. The van der Waals surface area contributed by atoms with E-state index in [2.05, 4.69) is 0 Å². The van der Waals surface area contributed by atoms with Crippen molar-refractivity contribution in [2.45, 2.75) is 44.2 Å². The molecule has 38 heavy (non-hydrogen) atoms. The zero-order valence-corrected chi connectivity index (χ0v) is 22.9. The average molecular weight is 562 g/mol. The summed E-state index contributed by atoms with van der Waals surface area (Å²) in [5.74, 6) is -1.64. The molecule has 6 nitrogen and oxygen atoms in total. The van der Waals surface area contributed by atoms with Gasteiger partial charge in [-0.25, -0.2) is 22.0 Å². The van der Waals surface area contributed by atoms with Gasteiger partial charge in [0.1, 0.15) is 11.6 Å². The molecule has 2 amide bonds. The smallest absolute Gasteiger partial charge is 0.320 e. The molecule has 0 aliphatic carbocycles. The van der Waals surface area contributed by atoms with Crippen LogP contribution in [0, 0.1) is 18.6 Å². The van der Waals surface area contributed by atoms with Gasteiger partial charge in [-0.15, -0.1) is 0 Å². The van der Waals surface area contributed by atoms with Crippen LogP contribution in [0.2, 0.25) is 5.02 Å². The fraction of sp³-hybridized carbons (Fsp3) is 0.321. The number of benzene rings is 3. The largest absolute Gasteiger partial charge is 0.323 e. The second-order valence-corrected chi connectivity index (χ2v) is 11.6. The number of likely N-dealkylation sites (tertiary alicyclic amines) is 1. The maximum atomic E-state index is 15.0. The Kier molecular flexibility index (Phi) is 8.57. The van der Waals surface area contributed by atoms with Crippen molar-refractivity contribution in [2.75, 3.05) is 23.9 Å². The number of hydrogen-bond acceptors (Lipinski definition) is 3. The van der Waals surface area contributed by atoms with Gasteiger partial charge in [0, 0.05) is 37.3 Å². The number of carbonyl (C=O) groups is 1. The van der Waals surface area contributed by atoms with Crippen LogP contribution in [0.1, 0.15) is 30.9 Å². The van der Waals surface area contributed by atoms with E-state index in [4.69, 9.17) is 11.6 Å². The highest BCUT2D eigenvalue weighted by Crippen LogP contribution is 2.33. The quantitative estimate of drug-likeness (QED) is 0.344. The van der Waals surface area contributed by atoms with Crippen LogP contribution < -0.4 is 4.31 Å². The monoisotopic (exact) mass is 561 g/mol. The highest BCUT2D eigenvalue weighted by molar-refractivity contribution is 7.92. The molecule has 0 spiro atoms. The van der Waals surface area contributed by atoms with Crippen LogP contribution >= 0.6 is 11.6 Å². The van der Waals surface area contributed by atoms with Gasteiger partial charge in [-0.3, -0.25) is 4.31 Å². The number of urea groups is 1. The SMILES string of the molecule is CCN(Cc1ccc(C)cc1)C(=O)N1CCCC(N(c2cc(F)ccc2F)S(=O)(=O)c2ccc(Cl)cc2)C1. The van der Waals surface area contributed by atoms with Gasteiger partial charge in [0.05, 0.1) is 16.6 Å². The van der Waals surface area contributed by atoms with Gasteiger partial charge >= 0.3 is 6.03 Å². The van der Waals surface area contributed by atoms with Crippen molar-refractivity contribution in [2.24, 2.45) is 0 Å². The summed E-state index contributed by atoms with van der Waals surface area (Å²) in [7, 11) is -4.32. The Balaban J connectivity index is 1.66. The summed E-state index contributed by atoms with van der Waals surface area (Å²) in [5, 5.41) is 0.343. The number of anilines is 1. The lowest BCUT2D eigenvalue weighted by Crippen LogP contribution is -2.54. The minimum absolute atomic E-state index is 0.0337. The molecular weight excluding hydrogens is 532 g/mol. The first-order valence-electron chi connectivity index (χ1n) is 12.4. The Labute approximate surface area is 227 Å². The van der Waals surface area contributed by atoms with Crippen LogP contribution in [-0.4, -0.2) is 49.9 Å². The van der Waals surface area contributed by atoms with E-state index in [1.807, 2.05) is 38.1 Å². The van der Waals surface area contributed by atoms with Crippen LogP contribution in [0.5, 0.6) is 0 Å². The maximum Gasteiger partial charge on any atom is 0.320 e. The molecule has 4 rings (SSSR count). The van der Waals surface area contributed by atoms with E-state index >= 15 is 4.39 Å². The second-order valence-electron chi connectivity index (χ2n) is 9.37. The first kappa shape index (κ1) is 27.9. The third kappa shape index (κ3) is 6.10. The van der Waals surface area contributed by atoms with Crippen molar-refractivity contribution in [3.63, 3.8) is 0 Å².